The van der Waals surface area contributed by atoms with E-state index in [-0.39, 0.29) is 23.5 Å². The van der Waals surface area contributed by atoms with E-state index in [4.69, 9.17) is 9.47 Å². The lowest BCUT2D eigenvalue weighted by atomic mass is 9.88. The maximum absolute atomic E-state index is 13.8. The summed E-state index contributed by atoms with van der Waals surface area (Å²) in [6.07, 6.45) is -1.99. The molecule has 190 valence electrons. The third-order valence-corrected chi connectivity index (χ3v) is 7.43. The molecule has 0 saturated carbocycles. The molecule has 3 aromatic rings. The fourth-order valence-corrected chi connectivity index (χ4v) is 5.85. The molecular formula is C26H24N4O7. The van der Waals surface area contributed by atoms with Crippen molar-refractivity contribution in [3.8, 4) is 0 Å². The van der Waals surface area contributed by atoms with Gasteiger partial charge in [0.25, 0.3) is 5.56 Å². The number of benzene rings is 2. The molecule has 11 heteroatoms. The number of hydrogen-bond donors (Lipinski definition) is 1. The number of aromatic nitrogens is 2. The van der Waals surface area contributed by atoms with Crippen LogP contribution in [0.3, 0.4) is 0 Å². The van der Waals surface area contributed by atoms with Gasteiger partial charge in [-0.2, -0.15) is 5.06 Å². The number of carbonyl (C=O) groups excluding carboxylic acids is 3. The molecule has 2 fully saturated rings. The second-order valence-electron chi connectivity index (χ2n) is 9.60. The third-order valence-electron chi connectivity index (χ3n) is 7.43. The van der Waals surface area contributed by atoms with Gasteiger partial charge in [-0.05, 0) is 32.0 Å². The van der Waals surface area contributed by atoms with Crippen LogP contribution in [0.25, 0.3) is 10.9 Å². The van der Waals surface area contributed by atoms with Crippen molar-refractivity contribution in [2.75, 3.05) is 4.90 Å². The van der Waals surface area contributed by atoms with Crippen LogP contribution >= 0.6 is 0 Å². The second kappa shape index (κ2) is 7.95. The molecule has 0 bridgehead atoms. The Morgan fingerprint density at radius 1 is 1.16 bits per heavy atom. The lowest BCUT2D eigenvalue weighted by molar-refractivity contribution is -0.190. The minimum absolute atomic E-state index is 0.0548. The Morgan fingerprint density at radius 3 is 2.62 bits per heavy atom. The quantitative estimate of drug-likeness (QED) is 0.533. The summed E-state index contributed by atoms with van der Waals surface area (Å²) in [5.74, 6) is -1.52. The first-order chi connectivity index (χ1) is 17.7. The molecular weight excluding hydrogens is 480 g/mol. The van der Waals surface area contributed by atoms with Crippen molar-refractivity contribution in [1.82, 2.24) is 14.6 Å². The van der Waals surface area contributed by atoms with Crippen LogP contribution in [0.4, 0.5) is 5.69 Å². The summed E-state index contributed by atoms with van der Waals surface area (Å²) < 4.78 is 12.6. The number of nitrogens with zero attached hydrogens (tertiary/aromatic N) is 4. The van der Waals surface area contributed by atoms with E-state index in [0.717, 1.165) is 5.06 Å². The summed E-state index contributed by atoms with van der Waals surface area (Å²) >= 11 is 0. The number of hydrogen-bond acceptors (Lipinski definition) is 9. The van der Waals surface area contributed by atoms with E-state index < -0.39 is 47.5 Å². The standard InChI is InChI=1S/C26H24N4O7/c1-13-22(32)29-19-11-7-5-9-17(19)26(25(29)30(13)35)12-20(24(34)37-26)28-21(14(2)36-15(3)31)27-18-10-6-4-8-16(18)23(28)33/h4-11,13-14,20,25,35H,12H2,1-3H3/t13-,14-,20+,25-,26-/m0/s1. The average molecular weight is 504 g/mol. The SMILES string of the molecule is CC(=O)O[C@@H](C)c1nc2ccccc2c(=O)n1[C@@H]1C[C@]2(OC1=O)c1ccccc1N1C(=O)[C@H](C)N(O)[C@H]12. The molecule has 1 spiro atoms. The largest absolute Gasteiger partial charge is 0.455 e. The highest BCUT2D eigenvalue weighted by atomic mass is 16.6. The van der Waals surface area contributed by atoms with E-state index in [1.54, 1.807) is 62.4 Å². The molecule has 2 aromatic carbocycles. The fourth-order valence-electron chi connectivity index (χ4n) is 5.85. The Morgan fingerprint density at radius 2 is 1.86 bits per heavy atom. The van der Waals surface area contributed by atoms with E-state index in [0.29, 0.717) is 16.8 Å². The highest BCUT2D eigenvalue weighted by molar-refractivity contribution is 6.02. The van der Waals surface area contributed by atoms with Gasteiger partial charge in [0.05, 0.1) is 16.6 Å². The minimum Gasteiger partial charge on any atom is -0.455 e. The molecule has 1 aromatic heterocycles. The molecule has 2 saturated heterocycles. The number of hydroxylamine groups is 2. The van der Waals surface area contributed by atoms with E-state index in [2.05, 4.69) is 4.98 Å². The number of ether oxygens (including phenoxy) is 2. The van der Waals surface area contributed by atoms with Gasteiger partial charge in [0.1, 0.15) is 12.1 Å². The molecule has 3 aliphatic rings. The molecule has 11 nitrogen and oxygen atoms in total. The van der Waals surface area contributed by atoms with E-state index in [1.807, 2.05) is 0 Å². The van der Waals surface area contributed by atoms with Crippen LogP contribution in [0.5, 0.6) is 0 Å². The zero-order valence-electron chi connectivity index (χ0n) is 20.3. The molecule has 6 rings (SSSR count). The summed E-state index contributed by atoms with van der Waals surface area (Å²) in [7, 11) is 0. The van der Waals surface area contributed by atoms with Crippen LogP contribution in [0.15, 0.2) is 53.3 Å². The van der Waals surface area contributed by atoms with Crippen molar-refractivity contribution in [2.24, 2.45) is 0 Å². The monoisotopic (exact) mass is 504 g/mol. The molecule has 4 heterocycles. The fraction of sp³-hybridized carbons (Fsp3) is 0.346. The van der Waals surface area contributed by atoms with Crippen molar-refractivity contribution in [1.29, 1.82) is 0 Å². The highest BCUT2D eigenvalue weighted by Gasteiger charge is 2.67. The topological polar surface area (TPSA) is 131 Å². The van der Waals surface area contributed by atoms with E-state index in [9.17, 15) is 24.4 Å². The first-order valence-electron chi connectivity index (χ1n) is 12.0. The predicted octanol–water partition coefficient (Wildman–Crippen LogP) is 2.17. The molecule has 1 N–H and O–H groups in total. The maximum atomic E-state index is 13.8. The third kappa shape index (κ3) is 3.10. The second-order valence-corrected chi connectivity index (χ2v) is 9.60. The number of anilines is 1. The first kappa shape index (κ1) is 23.3. The Balaban J connectivity index is 1.54. The number of carbonyl (C=O) groups is 3. The van der Waals surface area contributed by atoms with Crippen molar-refractivity contribution in [2.45, 2.75) is 57.1 Å². The zero-order chi connectivity index (χ0) is 26.2. The van der Waals surface area contributed by atoms with Gasteiger partial charge < -0.3 is 14.7 Å². The lowest BCUT2D eigenvalue weighted by Crippen LogP contribution is -2.50. The van der Waals surface area contributed by atoms with Gasteiger partial charge in [0.2, 0.25) is 5.91 Å². The van der Waals surface area contributed by atoms with Gasteiger partial charge in [-0.25, -0.2) is 9.78 Å². The van der Waals surface area contributed by atoms with Gasteiger partial charge in [-0.3, -0.25) is 23.9 Å². The van der Waals surface area contributed by atoms with Crippen molar-refractivity contribution in [3.05, 3.63) is 70.3 Å². The molecule has 37 heavy (non-hydrogen) atoms. The van der Waals surface area contributed by atoms with Crippen LogP contribution in [-0.2, 0) is 29.5 Å². The van der Waals surface area contributed by atoms with Crippen molar-refractivity contribution in [3.63, 3.8) is 0 Å². The summed E-state index contributed by atoms with van der Waals surface area (Å²) in [6, 6.07) is 11.7. The van der Waals surface area contributed by atoms with E-state index >= 15 is 0 Å². The van der Waals surface area contributed by atoms with Gasteiger partial charge >= 0.3 is 11.9 Å². The molecule has 5 atom stereocenters. The number of esters is 2. The smallest absolute Gasteiger partial charge is 0.330 e. The lowest BCUT2D eigenvalue weighted by Gasteiger charge is -2.33. The number of para-hydroxylation sites is 2. The summed E-state index contributed by atoms with van der Waals surface area (Å²) in [4.78, 5) is 58.2. The van der Waals surface area contributed by atoms with Gasteiger partial charge in [-0.1, -0.05) is 30.3 Å². The van der Waals surface area contributed by atoms with Crippen molar-refractivity contribution < 1.29 is 29.1 Å². The van der Waals surface area contributed by atoms with Crippen LogP contribution in [0, 0.1) is 0 Å². The van der Waals surface area contributed by atoms with Crippen molar-refractivity contribution >= 4 is 34.4 Å². The van der Waals surface area contributed by atoms with Crippen LogP contribution < -0.4 is 10.5 Å². The summed E-state index contributed by atoms with van der Waals surface area (Å²) in [6.45, 7) is 4.39. The Kier molecular flexibility index (Phi) is 5.01. The zero-order valence-corrected chi connectivity index (χ0v) is 20.3. The minimum atomic E-state index is -1.43. The summed E-state index contributed by atoms with van der Waals surface area (Å²) in [5, 5.41) is 12.2. The van der Waals surface area contributed by atoms with E-state index in [1.165, 1.54) is 16.4 Å². The number of amides is 1. The number of rotatable bonds is 3. The molecule has 3 aliphatic heterocycles. The van der Waals surface area contributed by atoms with Gasteiger partial charge in [0, 0.05) is 18.9 Å². The average Bonchev–Trinajstić information content (AvgIpc) is 3.44. The molecule has 0 unspecified atom stereocenters. The highest BCUT2D eigenvalue weighted by Crippen LogP contribution is 2.57. The van der Waals surface area contributed by atoms with Crippen LogP contribution in [-0.4, -0.2) is 49.9 Å². The molecule has 0 radical (unpaired) electrons. The molecule has 0 aliphatic carbocycles. The summed E-state index contributed by atoms with van der Waals surface area (Å²) in [5.41, 5.74) is -0.426. The van der Waals surface area contributed by atoms with Gasteiger partial charge in [-0.15, -0.1) is 0 Å². The molecule has 1 amide bonds. The van der Waals surface area contributed by atoms with Crippen LogP contribution in [0.2, 0.25) is 0 Å². The Hall–Kier alpha value is -4.09. The maximum Gasteiger partial charge on any atom is 0.330 e. The Labute approximate surface area is 210 Å². The first-order valence-corrected chi connectivity index (χ1v) is 12.0. The predicted molar refractivity (Wildman–Crippen MR) is 128 cm³/mol. The normalized spacial score (nSPS) is 27.5. The van der Waals surface area contributed by atoms with Gasteiger partial charge in [0.15, 0.2) is 23.7 Å². The number of fused-ring (bicyclic) bond motifs is 6. The van der Waals surface area contributed by atoms with Crippen LogP contribution in [0.1, 0.15) is 50.7 Å². The Bertz CT molecular complexity index is 1550.